The lowest BCUT2D eigenvalue weighted by atomic mass is 10.8. The first kappa shape index (κ1) is 11.1. The van der Waals surface area contributed by atoms with Gasteiger partial charge in [-0.1, -0.05) is 0 Å². The predicted molar refractivity (Wildman–Crippen MR) is 34.5 cm³/mol. The van der Waals surface area contributed by atoms with Gasteiger partial charge in [-0.25, -0.2) is 14.6 Å². The maximum absolute atomic E-state index is 10.5. The molecule has 7 heteroatoms. The molecular formula is C5H10O7. The van der Waals surface area contributed by atoms with Crippen molar-refractivity contribution in [2.24, 2.45) is 0 Å². The summed E-state index contributed by atoms with van der Waals surface area (Å²) in [5, 5.41) is 15.6. The summed E-state index contributed by atoms with van der Waals surface area (Å²) < 4.78 is 8.69. The fraction of sp³-hybridized carbons (Fsp3) is 0.800. The molecule has 7 nitrogen and oxygen atoms in total. The molecule has 0 aliphatic rings. The summed E-state index contributed by atoms with van der Waals surface area (Å²) >= 11 is 0. The molecule has 0 spiro atoms. The van der Waals surface area contributed by atoms with Crippen molar-refractivity contribution in [2.75, 3.05) is 26.4 Å². The van der Waals surface area contributed by atoms with Gasteiger partial charge in [-0.3, -0.25) is 10.5 Å². The van der Waals surface area contributed by atoms with Crippen LogP contribution in [0.3, 0.4) is 0 Å². The van der Waals surface area contributed by atoms with Crippen molar-refractivity contribution in [2.45, 2.75) is 0 Å². The van der Waals surface area contributed by atoms with Crippen LogP contribution in [-0.4, -0.2) is 43.1 Å². The summed E-state index contributed by atoms with van der Waals surface area (Å²) in [4.78, 5) is 17.7. The topological polar surface area (TPSA) is 94.5 Å². The highest BCUT2D eigenvalue weighted by Crippen LogP contribution is 1.85. The van der Waals surface area contributed by atoms with E-state index in [1.54, 1.807) is 0 Å². The van der Waals surface area contributed by atoms with Gasteiger partial charge < -0.3 is 9.47 Å². The van der Waals surface area contributed by atoms with E-state index in [2.05, 4.69) is 19.2 Å². The number of carbonyl (C=O) groups is 1. The average molecular weight is 182 g/mol. The zero-order valence-corrected chi connectivity index (χ0v) is 6.26. The third-order valence-electron chi connectivity index (χ3n) is 0.789. The Morgan fingerprint density at radius 2 is 1.33 bits per heavy atom. The third-order valence-corrected chi connectivity index (χ3v) is 0.789. The quantitative estimate of drug-likeness (QED) is 0.260. The van der Waals surface area contributed by atoms with Gasteiger partial charge in [0.05, 0.1) is 0 Å². The largest absolute Gasteiger partial charge is 0.508 e. The van der Waals surface area contributed by atoms with E-state index in [4.69, 9.17) is 10.5 Å². The lowest BCUT2D eigenvalue weighted by Crippen LogP contribution is -2.14. The highest BCUT2D eigenvalue weighted by molar-refractivity contribution is 5.59. The normalized spacial score (nSPS) is 9.50. The Kier molecular flexibility index (Phi) is 7.60. The van der Waals surface area contributed by atoms with E-state index in [0.29, 0.717) is 0 Å². The Morgan fingerprint density at radius 3 is 1.67 bits per heavy atom. The highest BCUT2D eigenvalue weighted by atomic mass is 17.1. The average Bonchev–Trinajstić information content (AvgIpc) is 2.06. The number of rotatable bonds is 6. The number of hydrogen-bond acceptors (Lipinski definition) is 7. The molecule has 0 unspecified atom stereocenters. The Bertz CT molecular complexity index is 102. The van der Waals surface area contributed by atoms with E-state index in [1.165, 1.54) is 0 Å². The molecule has 0 radical (unpaired) electrons. The van der Waals surface area contributed by atoms with E-state index >= 15 is 0 Å². The van der Waals surface area contributed by atoms with Gasteiger partial charge in [0.2, 0.25) is 0 Å². The van der Waals surface area contributed by atoms with Crippen LogP contribution >= 0.6 is 0 Å². The summed E-state index contributed by atoms with van der Waals surface area (Å²) in [5.74, 6) is 0. The summed E-state index contributed by atoms with van der Waals surface area (Å²) in [6, 6.07) is 0. The maximum atomic E-state index is 10.5. The third kappa shape index (κ3) is 7.22. The molecular weight excluding hydrogens is 172 g/mol. The molecule has 0 bridgehead atoms. The lowest BCUT2D eigenvalue weighted by molar-refractivity contribution is -0.250. The first-order valence-corrected chi connectivity index (χ1v) is 3.13. The maximum Gasteiger partial charge on any atom is 0.508 e. The minimum absolute atomic E-state index is 0.102. The molecule has 0 aliphatic carbocycles. The van der Waals surface area contributed by atoms with Crippen molar-refractivity contribution in [1.82, 2.24) is 0 Å². The highest BCUT2D eigenvalue weighted by Gasteiger charge is 2.02. The summed E-state index contributed by atoms with van der Waals surface area (Å²) in [7, 11) is 0. The van der Waals surface area contributed by atoms with E-state index < -0.39 is 6.16 Å². The lowest BCUT2D eigenvalue weighted by Gasteiger charge is -2.03. The Morgan fingerprint density at radius 1 is 0.917 bits per heavy atom. The van der Waals surface area contributed by atoms with E-state index in [1.807, 2.05) is 0 Å². The molecule has 0 saturated carbocycles. The minimum atomic E-state index is -0.913. The van der Waals surface area contributed by atoms with Gasteiger partial charge in [-0.05, 0) is 0 Å². The minimum Gasteiger partial charge on any atom is -0.432 e. The molecule has 0 saturated heterocycles. The second kappa shape index (κ2) is 8.21. The summed E-state index contributed by atoms with van der Waals surface area (Å²) in [6.45, 7) is -0.443. The van der Waals surface area contributed by atoms with Crippen LogP contribution in [0.4, 0.5) is 4.79 Å². The molecule has 0 aromatic rings. The van der Waals surface area contributed by atoms with Crippen LogP contribution in [0.2, 0.25) is 0 Å². The Balaban J connectivity index is 3.10. The van der Waals surface area contributed by atoms with Crippen molar-refractivity contribution < 1.29 is 34.6 Å². The van der Waals surface area contributed by atoms with Gasteiger partial charge >= 0.3 is 6.16 Å². The fourth-order valence-electron chi connectivity index (χ4n) is 0.366. The van der Waals surface area contributed by atoms with E-state index in [0.717, 1.165) is 0 Å². The van der Waals surface area contributed by atoms with Gasteiger partial charge in [-0.15, -0.1) is 0 Å². The second-order valence-corrected chi connectivity index (χ2v) is 1.61. The predicted octanol–water partition coefficient (Wildman–Crippen LogP) is 0.119. The molecule has 0 atom stereocenters. The molecule has 72 valence electrons. The van der Waals surface area contributed by atoms with Crippen LogP contribution in [0, 0.1) is 0 Å². The van der Waals surface area contributed by atoms with Gasteiger partial charge in [0.15, 0.2) is 0 Å². The van der Waals surface area contributed by atoms with E-state index in [-0.39, 0.29) is 26.4 Å². The zero-order chi connectivity index (χ0) is 9.23. The van der Waals surface area contributed by atoms with Crippen molar-refractivity contribution in [3.63, 3.8) is 0 Å². The molecule has 0 fully saturated rings. The number of hydrogen-bond donors (Lipinski definition) is 2. The van der Waals surface area contributed by atoms with Crippen LogP contribution < -0.4 is 0 Å². The first-order chi connectivity index (χ1) is 5.81. The monoisotopic (exact) mass is 182 g/mol. The molecule has 0 aromatic heterocycles. The Labute approximate surface area is 68.3 Å². The van der Waals surface area contributed by atoms with Crippen LogP contribution in [-0.2, 0) is 19.2 Å². The van der Waals surface area contributed by atoms with Crippen LogP contribution in [0.1, 0.15) is 0 Å². The van der Waals surface area contributed by atoms with Gasteiger partial charge in [0, 0.05) is 0 Å². The number of ether oxygens (including phenoxy) is 2. The van der Waals surface area contributed by atoms with Crippen LogP contribution in [0.25, 0.3) is 0 Å². The van der Waals surface area contributed by atoms with Crippen LogP contribution in [0.15, 0.2) is 0 Å². The van der Waals surface area contributed by atoms with Gasteiger partial charge in [0.1, 0.15) is 26.4 Å². The molecule has 0 rings (SSSR count). The molecule has 2 N–H and O–H groups in total. The van der Waals surface area contributed by atoms with Crippen molar-refractivity contribution in [3.05, 3.63) is 0 Å². The molecule has 0 aliphatic heterocycles. The smallest absolute Gasteiger partial charge is 0.432 e. The molecule has 0 aromatic carbocycles. The van der Waals surface area contributed by atoms with Gasteiger partial charge in [-0.2, -0.15) is 0 Å². The molecule has 0 heterocycles. The van der Waals surface area contributed by atoms with E-state index in [9.17, 15) is 4.79 Å². The number of carbonyl (C=O) groups excluding carboxylic acids is 1. The first-order valence-electron chi connectivity index (χ1n) is 3.13. The summed E-state index contributed by atoms with van der Waals surface area (Å²) in [6.07, 6.45) is -0.913. The molecule has 0 amide bonds. The van der Waals surface area contributed by atoms with Crippen molar-refractivity contribution in [3.8, 4) is 0 Å². The Hall–Kier alpha value is -0.890. The SMILES string of the molecule is O=C(OCCOO)OCCOO. The van der Waals surface area contributed by atoms with Crippen molar-refractivity contribution >= 4 is 6.16 Å². The van der Waals surface area contributed by atoms with Crippen molar-refractivity contribution in [1.29, 1.82) is 0 Å². The zero-order valence-electron chi connectivity index (χ0n) is 6.26. The standard InChI is InChI=1S/C5H10O7/c6-5(9-1-3-11-7)10-2-4-12-8/h7-8H,1-4H2. The second-order valence-electron chi connectivity index (χ2n) is 1.61. The van der Waals surface area contributed by atoms with Gasteiger partial charge in [0.25, 0.3) is 0 Å². The fourth-order valence-corrected chi connectivity index (χ4v) is 0.366. The molecule has 12 heavy (non-hydrogen) atoms. The summed E-state index contributed by atoms with van der Waals surface area (Å²) in [5.41, 5.74) is 0. The van der Waals surface area contributed by atoms with Crippen LogP contribution in [0.5, 0.6) is 0 Å².